The molecule has 0 spiro atoms. The average Bonchev–Trinajstić information content (AvgIpc) is 2.86. The SMILES string of the molecule is COc1ccc(-c2ccc3cc4n(c3c2)CCNCC4)c(C(C)OC)c1. The zero-order chi connectivity index (χ0) is 18.1. The van der Waals surface area contributed by atoms with Crippen LogP contribution in [0.15, 0.2) is 42.5 Å². The monoisotopic (exact) mass is 350 g/mol. The van der Waals surface area contributed by atoms with Crippen LogP contribution < -0.4 is 10.1 Å². The fraction of sp³-hybridized carbons (Fsp3) is 0.364. The summed E-state index contributed by atoms with van der Waals surface area (Å²) in [6.07, 6.45) is 1.09. The van der Waals surface area contributed by atoms with E-state index >= 15 is 0 Å². The Morgan fingerprint density at radius 3 is 2.73 bits per heavy atom. The predicted molar refractivity (Wildman–Crippen MR) is 106 cm³/mol. The van der Waals surface area contributed by atoms with E-state index in [0.29, 0.717) is 0 Å². The van der Waals surface area contributed by atoms with Crippen LogP contribution in [0.2, 0.25) is 0 Å². The van der Waals surface area contributed by atoms with Crippen LogP contribution in [0, 0.1) is 0 Å². The van der Waals surface area contributed by atoms with Crippen LogP contribution in [0.4, 0.5) is 0 Å². The number of hydrogen-bond donors (Lipinski definition) is 1. The highest BCUT2D eigenvalue weighted by Gasteiger charge is 2.16. The molecule has 0 radical (unpaired) electrons. The molecule has 1 N–H and O–H groups in total. The number of fused-ring (bicyclic) bond motifs is 3. The topological polar surface area (TPSA) is 35.4 Å². The van der Waals surface area contributed by atoms with Crippen LogP contribution in [0.5, 0.6) is 5.75 Å². The van der Waals surface area contributed by atoms with Gasteiger partial charge in [-0.25, -0.2) is 0 Å². The number of hydrogen-bond acceptors (Lipinski definition) is 3. The minimum atomic E-state index is 0.00410. The van der Waals surface area contributed by atoms with Crippen LogP contribution in [0.1, 0.15) is 24.3 Å². The first-order chi connectivity index (χ1) is 12.7. The smallest absolute Gasteiger partial charge is 0.119 e. The number of ether oxygens (including phenoxy) is 2. The maximum atomic E-state index is 5.61. The molecule has 0 saturated carbocycles. The van der Waals surface area contributed by atoms with Crippen molar-refractivity contribution in [1.29, 1.82) is 0 Å². The number of nitrogens with one attached hydrogen (secondary N) is 1. The van der Waals surface area contributed by atoms with Crippen molar-refractivity contribution in [2.24, 2.45) is 0 Å². The molecule has 136 valence electrons. The molecule has 1 aliphatic heterocycles. The molecule has 1 aliphatic rings. The van der Waals surface area contributed by atoms with Crippen molar-refractivity contribution in [1.82, 2.24) is 9.88 Å². The second-order valence-corrected chi connectivity index (χ2v) is 6.89. The molecule has 4 rings (SSSR count). The summed E-state index contributed by atoms with van der Waals surface area (Å²) < 4.78 is 13.5. The zero-order valence-corrected chi connectivity index (χ0v) is 15.7. The molecule has 4 heteroatoms. The third kappa shape index (κ3) is 3.00. The molecule has 0 saturated heterocycles. The molecule has 0 aliphatic carbocycles. The van der Waals surface area contributed by atoms with Crippen molar-refractivity contribution in [2.75, 3.05) is 27.3 Å². The molecule has 0 bridgehead atoms. The van der Waals surface area contributed by atoms with Crippen molar-refractivity contribution in [2.45, 2.75) is 26.0 Å². The highest BCUT2D eigenvalue weighted by atomic mass is 16.5. The first kappa shape index (κ1) is 17.1. The second kappa shape index (κ2) is 7.14. The molecule has 1 unspecified atom stereocenters. The lowest BCUT2D eigenvalue weighted by atomic mass is 9.95. The Balaban J connectivity index is 1.85. The van der Waals surface area contributed by atoms with E-state index in [9.17, 15) is 0 Å². The Hall–Kier alpha value is -2.30. The summed E-state index contributed by atoms with van der Waals surface area (Å²) >= 11 is 0. The molecule has 26 heavy (non-hydrogen) atoms. The van der Waals surface area contributed by atoms with Gasteiger partial charge in [0.1, 0.15) is 5.75 Å². The van der Waals surface area contributed by atoms with Crippen molar-refractivity contribution >= 4 is 10.9 Å². The minimum Gasteiger partial charge on any atom is -0.497 e. The minimum absolute atomic E-state index is 0.00410. The van der Waals surface area contributed by atoms with E-state index in [-0.39, 0.29) is 6.10 Å². The number of benzene rings is 2. The Morgan fingerprint density at radius 2 is 1.92 bits per heavy atom. The second-order valence-electron chi connectivity index (χ2n) is 6.89. The Labute approximate surface area is 154 Å². The van der Waals surface area contributed by atoms with Gasteiger partial charge in [-0.3, -0.25) is 0 Å². The van der Waals surface area contributed by atoms with Gasteiger partial charge >= 0.3 is 0 Å². The van der Waals surface area contributed by atoms with Gasteiger partial charge in [-0.05, 0) is 53.3 Å². The number of methoxy groups -OCH3 is 2. The molecule has 0 fully saturated rings. The molecule has 3 aromatic rings. The number of nitrogens with zero attached hydrogens (tertiary/aromatic N) is 1. The van der Waals surface area contributed by atoms with Crippen LogP contribution in [0.3, 0.4) is 0 Å². The van der Waals surface area contributed by atoms with E-state index in [4.69, 9.17) is 9.47 Å². The normalized spacial score (nSPS) is 15.5. The van der Waals surface area contributed by atoms with Crippen LogP contribution >= 0.6 is 0 Å². The Kier molecular flexibility index (Phi) is 4.70. The largest absolute Gasteiger partial charge is 0.497 e. The first-order valence-corrected chi connectivity index (χ1v) is 9.25. The summed E-state index contributed by atoms with van der Waals surface area (Å²) in [6.45, 7) is 5.17. The number of rotatable bonds is 4. The fourth-order valence-electron chi connectivity index (χ4n) is 3.88. The van der Waals surface area contributed by atoms with Gasteiger partial charge < -0.3 is 19.4 Å². The molecule has 4 nitrogen and oxygen atoms in total. The van der Waals surface area contributed by atoms with Crippen LogP contribution in [0.25, 0.3) is 22.0 Å². The lowest BCUT2D eigenvalue weighted by molar-refractivity contribution is 0.120. The van der Waals surface area contributed by atoms with E-state index in [2.05, 4.69) is 53.2 Å². The van der Waals surface area contributed by atoms with E-state index in [0.717, 1.165) is 37.4 Å². The van der Waals surface area contributed by atoms with Gasteiger partial charge in [-0.15, -0.1) is 0 Å². The summed E-state index contributed by atoms with van der Waals surface area (Å²) in [6, 6.07) is 15.3. The standard InChI is InChI=1S/C22H26N2O2/c1-15(25-2)21-14-19(26-3)6-7-20(21)16-4-5-17-12-18-8-9-23-10-11-24(18)22(17)13-16/h4-7,12-15,23H,8-11H2,1-3H3. The van der Waals surface area contributed by atoms with E-state index < -0.39 is 0 Å². The molecule has 1 atom stereocenters. The lowest BCUT2D eigenvalue weighted by Crippen LogP contribution is -2.17. The highest BCUT2D eigenvalue weighted by Crippen LogP contribution is 2.35. The maximum Gasteiger partial charge on any atom is 0.119 e. The average molecular weight is 350 g/mol. The van der Waals surface area contributed by atoms with Gasteiger partial charge in [-0.2, -0.15) is 0 Å². The summed E-state index contributed by atoms with van der Waals surface area (Å²) in [5, 5.41) is 4.80. The first-order valence-electron chi connectivity index (χ1n) is 9.25. The highest BCUT2D eigenvalue weighted by molar-refractivity contribution is 5.87. The molecular weight excluding hydrogens is 324 g/mol. The van der Waals surface area contributed by atoms with Crippen molar-refractivity contribution in [3.63, 3.8) is 0 Å². The van der Waals surface area contributed by atoms with Crippen LogP contribution in [-0.4, -0.2) is 31.9 Å². The van der Waals surface area contributed by atoms with Crippen molar-refractivity contribution < 1.29 is 9.47 Å². The van der Waals surface area contributed by atoms with E-state index in [1.54, 1.807) is 14.2 Å². The Bertz CT molecular complexity index is 929. The summed E-state index contributed by atoms with van der Waals surface area (Å²) in [7, 11) is 3.45. The lowest BCUT2D eigenvalue weighted by Gasteiger charge is -2.17. The van der Waals surface area contributed by atoms with E-state index in [1.807, 2.05) is 6.07 Å². The van der Waals surface area contributed by atoms with Gasteiger partial charge in [0.05, 0.1) is 13.2 Å². The summed E-state index contributed by atoms with van der Waals surface area (Å²) in [5.41, 5.74) is 6.30. The van der Waals surface area contributed by atoms with Crippen molar-refractivity contribution in [3.8, 4) is 16.9 Å². The molecule has 2 heterocycles. The third-order valence-corrected chi connectivity index (χ3v) is 5.42. The molecule has 0 amide bonds. The van der Waals surface area contributed by atoms with Crippen molar-refractivity contribution in [3.05, 3.63) is 53.7 Å². The van der Waals surface area contributed by atoms with Crippen LogP contribution in [-0.2, 0) is 17.7 Å². The van der Waals surface area contributed by atoms with Gasteiger partial charge in [0.15, 0.2) is 0 Å². The summed E-state index contributed by atoms with van der Waals surface area (Å²) in [4.78, 5) is 0. The van der Waals surface area contributed by atoms with Gasteiger partial charge in [0, 0.05) is 44.4 Å². The van der Waals surface area contributed by atoms with Gasteiger partial charge in [-0.1, -0.05) is 18.2 Å². The molecular formula is C22H26N2O2. The zero-order valence-electron chi connectivity index (χ0n) is 15.7. The van der Waals surface area contributed by atoms with Gasteiger partial charge in [0.2, 0.25) is 0 Å². The Morgan fingerprint density at radius 1 is 1.04 bits per heavy atom. The fourth-order valence-corrected chi connectivity index (χ4v) is 3.88. The third-order valence-electron chi connectivity index (χ3n) is 5.42. The molecule has 2 aromatic carbocycles. The van der Waals surface area contributed by atoms with Gasteiger partial charge in [0.25, 0.3) is 0 Å². The van der Waals surface area contributed by atoms with E-state index in [1.165, 1.54) is 27.7 Å². The maximum absolute atomic E-state index is 5.61. The predicted octanol–water partition coefficient (Wildman–Crippen LogP) is 4.17. The summed E-state index contributed by atoms with van der Waals surface area (Å²) in [5.74, 6) is 0.858. The molecule has 1 aromatic heterocycles. The number of aromatic nitrogens is 1. The quantitative estimate of drug-likeness (QED) is 0.767.